The minimum Gasteiger partial charge on any atom is -0.379 e. The van der Waals surface area contributed by atoms with E-state index >= 15 is 0 Å². The molecule has 2 aliphatic rings. The smallest absolute Gasteiger partial charge is 0.170 e. The van der Waals surface area contributed by atoms with Crippen LogP contribution in [0, 0.1) is 13.8 Å². The molecule has 2 saturated heterocycles. The second-order valence-electron chi connectivity index (χ2n) is 9.77. The van der Waals surface area contributed by atoms with E-state index in [2.05, 4.69) is 82.9 Å². The van der Waals surface area contributed by atoms with Crippen molar-refractivity contribution in [3.63, 3.8) is 0 Å². The van der Waals surface area contributed by atoms with Crippen molar-refractivity contribution in [3.05, 3.63) is 82.9 Å². The molecule has 2 aliphatic heterocycles. The number of rotatable bonds is 8. The van der Waals surface area contributed by atoms with Gasteiger partial charge < -0.3 is 19.5 Å². The number of para-hydroxylation sites is 1. The van der Waals surface area contributed by atoms with Crippen LogP contribution in [0.3, 0.4) is 0 Å². The van der Waals surface area contributed by atoms with Crippen LogP contribution < -0.4 is 5.32 Å². The first kappa shape index (κ1) is 24.9. The minimum atomic E-state index is 0.0115. The lowest BCUT2D eigenvalue weighted by atomic mass is 9.96. The van der Waals surface area contributed by atoms with Crippen LogP contribution in [0.2, 0.25) is 0 Å². The lowest BCUT2D eigenvalue weighted by molar-refractivity contribution is 0.0365. The topological polar surface area (TPSA) is 45.6 Å². The molecular weight excluding hydrogens is 466 g/mol. The SMILES string of the molecule is CCc1ccccc1-n1c(C)cc([C@H]2[C@@H](c3ccccn3)NC(=S)N2CCCN2CCOCC2)c1C. The summed E-state index contributed by atoms with van der Waals surface area (Å²) in [5.41, 5.74) is 7.47. The van der Waals surface area contributed by atoms with Crippen molar-refractivity contribution in [3.8, 4) is 5.69 Å². The molecule has 1 N–H and O–H groups in total. The molecule has 0 spiro atoms. The molecule has 0 aliphatic carbocycles. The monoisotopic (exact) mass is 503 g/mol. The Bertz CT molecular complexity index is 1190. The van der Waals surface area contributed by atoms with Crippen LogP contribution in [-0.2, 0) is 11.2 Å². The summed E-state index contributed by atoms with van der Waals surface area (Å²) in [6.07, 6.45) is 3.94. The number of thiocarbonyl (C=S) groups is 1. The maximum absolute atomic E-state index is 5.93. The number of nitrogens with one attached hydrogen (secondary N) is 1. The molecule has 0 unspecified atom stereocenters. The molecular formula is C29H37N5OS. The molecule has 0 bridgehead atoms. The Morgan fingerprint density at radius 1 is 1.06 bits per heavy atom. The van der Waals surface area contributed by atoms with Crippen LogP contribution in [-0.4, -0.2) is 63.9 Å². The van der Waals surface area contributed by atoms with E-state index in [0.717, 1.165) is 63.0 Å². The number of hydrogen-bond acceptors (Lipinski definition) is 4. The minimum absolute atomic E-state index is 0.0115. The second-order valence-corrected chi connectivity index (χ2v) is 10.2. The van der Waals surface area contributed by atoms with Gasteiger partial charge in [-0.15, -0.1) is 0 Å². The lowest BCUT2D eigenvalue weighted by Crippen LogP contribution is -2.39. The van der Waals surface area contributed by atoms with Gasteiger partial charge >= 0.3 is 0 Å². The summed E-state index contributed by atoms with van der Waals surface area (Å²) in [6, 6.07) is 17.3. The molecule has 0 amide bonds. The van der Waals surface area contributed by atoms with E-state index in [1.54, 1.807) is 0 Å². The molecule has 1 aromatic carbocycles. The van der Waals surface area contributed by atoms with Crippen LogP contribution in [0.15, 0.2) is 54.7 Å². The summed E-state index contributed by atoms with van der Waals surface area (Å²) >= 11 is 5.93. The number of pyridine rings is 1. The maximum Gasteiger partial charge on any atom is 0.170 e. The average Bonchev–Trinajstić information content (AvgIpc) is 3.39. The van der Waals surface area contributed by atoms with E-state index < -0.39 is 0 Å². The normalized spacial score (nSPS) is 20.6. The Labute approximate surface area is 220 Å². The van der Waals surface area contributed by atoms with Gasteiger partial charge in [-0.2, -0.15) is 0 Å². The fourth-order valence-electron chi connectivity index (χ4n) is 5.76. The first-order valence-corrected chi connectivity index (χ1v) is 13.5. The first-order valence-electron chi connectivity index (χ1n) is 13.1. The summed E-state index contributed by atoms with van der Waals surface area (Å²) < 4.78 is 7.94. The number of nitrogens with zero attached hydrogens (tertiary/aromatic N) is 4. The second kappa shape index (κ2) is 11.1. The molecule has 190 valence electrons. The van der Waals surface area contributed by atoms with Crippen molar-refractivity contribution in [2.45, 2.75) is 45.7 Å². The van der Waals surface area contributed by atoms with E-state index in [1.165, 1.54) is 28.2 Å². The van der Waals surface area contributed by atoms with E-state index in [0.29, 0.717) is 0 Å². The molecule has 0 radical (unpaired) electrons. The van der Waals surface area contributed by atoms with Crippen molar-refractivity contribution in [2.75, 3.05) is 39.4 Å². The number of aryl methyl sites for hydroxylation is 2. The van der Waals surface area contributed by atoms with Crippen molar-refractivity contribution >= 4 is 17.3 Å². The standard InChI is InChI=1S/C29H37N5OS/c1-4-23-10-5-6-12-26(23)34-21(2)20-24(22(34)3)28-27(25-11-7-8-13-30-25)31-29(36)33(28)15-9-14-32-16-18-35-19-17-32/h5-8,10-13,20,27-28H,4,9,14-19H2,1-3H3,(H,31,36)/t27-,28+/m1/s1. The predicted molar refractivity (Wildman–Crippen MR) is 149 cm³/mol. The number of hydrogen-bond donors (Lipinski definition) is 1. The van der Waals surface area contributed by atoms with Crippen molar-refractivity contribution < 1.29 is 4.74 Å². The lowest BCUT2D eigenvalue weighted by Gasteiger charge is -2.30. The van der Waals surface area contributed by atoms with Gasteiger partial charge in [0.25, 0.3) is 0 Å². The molecule has 36 heavy (non-hydrogen) atoms. The van der Waals surface area contributed by atoms with Gasteiger partial charge in [-0.05, 0) is 74.3 Å². The molecule has 2 fully saturated rings. The van der Waals surface area contributed by atoms with Gasteiger partial charge in [0, 0.05) is 49.5 Å². The van der Waals surface area contributed by atoms with Crippen LogP contribution in [0.25, 0.3) is 5.69 Å². The van der Waals surface area contributed by atoms with Crippen LogP contribution in [0.1, 0.15) is 53.6 Å². The van der Waals surface area contributed by atoms with Gasteiger partial charge in [0.05, 0.1) is 31.0 Å². The fraction of sp³-hybridized carbons (Fsp3) is 0.448. The Morgan fingerprint density at radius 2 is 1.83 bits per heavy atom. The summed E-state index contributed by atoms with van der Waals surface area (Å²) in [7, 11) is 0. The number of aromatic nitrogens is 2. The summed E-state index contributed by atoms with van der Waals surface area (Å²) in [5.74, 6) is 0. The van der Waals surface area contributed by atoms with Crippen LogP contribution in [0.4, 0.5) is 0 Å². The molecule has 6 nitrogen and oxygen atoms in total. The van der Waals surface area contributed by atoms with E-state index in [9.17, 15) is 0 Å². The van der Waals surface area contributed by atoms with E-state index in [4.69, 9.17) is 21.9 Å². The predicted octanol–water partition coefficient (Wildman–Crippen LogP) is 4.75. The van der Waals surface area contributed by atoms with Gasteiger partial charge in [-0.3, -0.25) is 9.88 Å². The highest BCUT2D eigenvalue weighted by Crippen LogP contribution is 2.41. The molecule has 4 heterocycles. The number of ether oxygens (including phenoxy) is 1. The van der Waals surface area contributed by atoms with Gasteiger partial charge in [-0.1, -0.05) is 31.2 Å². The van der Waals surface area contributed by atoms with Gasteiger partial charge in [0.2, 0.25) is 0 Å². The Morgan fingerprint density at radius 3 is 2.58 bits per heavy atom. The maximum atomic E-state index is 5.93. The fourth-order valence-corrected chi connectivity index (χ4v) is 6.09. The molecule has 2 aromatic heterocycles. The summed E-state index contributed by atoms with van der Waals surface area (Å²) in [6.45, 7) is 12.3. The van der Waals surface area contributed by atoms with E-state index in [-0.39, 0.29) is 12.1 Å². The Balaban J connectivity index is 1.49. The van der Waals surface area contributed by atoms with Crippen molar-refractivity contribution in [2.24, 2.45) is 0 Å². The summed E-state index contributed by atoms with van der Waals surface area (Å²) in [5, 5.41) is 4.44. The zero-order valence-electron chi connectivity index (χ0n) is 21.6. The number of morpholine rings is 1. The zero-order chi connectivity index (χ0) is 25.1. The number of benzene rings is 1. The highest BCUT2D eigenvalue weighted by atomic mass is 32.1. The van der Waals surface area contributed by atoms with Crippen molar-refractivity contribution in [1.82, 2.24) is 24.7 Å². The van der Waals surface area contributed by atoms with E-state index in [1.807, 2.05) is 12.3 Å². The van der Waals surface area contributed by atoms with Gasteiger partial charge in [-0.25, -0.2) is 0 Å². The van der Waals surface area contributed by atoms with Gasteiger partial charge in [0.15, 0.2) is 5.11 Å². The van der Waals surface area contributed by atoms with Crippen LogP contribution >= 0.6 is 12.2 Å². The van der Waals surface area contributed by atoms with Gasteiger partial charge in [0.1, 0.15) is 0 Å². The molecule has 3 aromatic rings. The quantitative estimate of drug-likeness (QED) is 0.448. The first-order chi connectivity index (χ1) is 17.6. The third kappa shape index (κ3) is 4.92. The summed E-state index contributed by atoms with van der Waals surface area (Å²) in [4.78, 5) is 9.62. The Hall–Kier alpha value is -2.74. The highest BCUT2D eigenvalue weighted by Gasteiger charge is 2.41. The van der Waals surface area contributed by atoms with Crippen molar-refractivity contribution in [1.29, 1.82) is 0 Å². The molecule has 5 rings (SSSR count). The third-order valence-corrected chi connectivity index (χ3v) is 7.93. The molecule has 7 heteroatoms. The largest absolute Gasteiger partial charge is 0.379 e. The zero-order valence-corrected chi connectivity index (χ0v) is 22.4. The van der Waals surface area contributed by atoms with Crippen LogP contribution in [0.5, 0.6) is 0 Å². The highest BCUT2D eigenvalue weighted by molar-refractivity contribution is 7.80. The third-order valence-electron chi connectivity index (χ3n) is 7.58. The average molecular weight is 504 g/mol. The Kier molecular flexibility index (Phi) is 7.70. The molecule has 2 atom stereocenters. The molecule has 0 saturated carbocycles.